The van der Waals surface area contributed by atoms with Gasteiger partial charge in [-0.1, -0.05) is 19.8 Å². The smallest absolute Gasteiger partial charge is 0.315 e. The van der Waals surface area contributed by atoms with Crippen LogP contribution in [-0.4, -0.2) is 45.5 Å². The molecule has 0 heterocycles. The maximum atomic E-state index is 11.9. The zero-order chi connectivity index (χ0) is 13.4. The summed E-state index contributed by atoms with van der Waals surface area (Å²) >= 11 is 0. The second kappa shape index (κ2) is 8.48. The number of hydrogen-bond acceptors (Lipinski definition) is 3. The standard InChI is InChI=1S/C12H24N2O3S/c1-2-18(17)11-7-4-3-6-10(11)14-12(16)13-8-5-9-15/h10-11,15H,2-9H2,1H3,(H2,13,14,16). The lowest BCUT2D eigenvalue weighted by Gasteiger charge is -2.31. The van der Waals surface area contributed by atoms with E-state index >= 15 is 0 Å². The van der Waals surface area contributed by atoms with Crippen LogP contribution in [0.2, 0.25) is 0 Å². The summed E-state index contributed by atoms with van der Waals surface area (Å²) in [4.78, 5) is 11.6. The highest BCUT2D eigenvalue weighted by atomic mass is 32.2. The molecule has 0 saturated heterocycles. The highest BCUT2D eigenvalue weighted by Gasteiger charge is 2.30. The molecule has 3 N–H and O–H groups in total. The molecule has 0 radical (unpaired) electrons. The van der Waals surface area contributed by atoms with Crippen molar-refractivity contribution in [1.82, 2.24) is 10.6 Å². The predicted molar refractivity (Wildman–Crippen MR) is 73.0 cm³/mol. The van der Waals surface area contributed by atoms with Crippen molar-refractivity contribution in [1.29, 1.82) is 0 Å². The number of nitrogens with one attached hydrogen (secondary N) is 2. The first-order chi connectivity index (χ1) is 8.69. The molecule has 2 amide bonds. The number of carbonyl (C=O) groups is 1. The van der Waals surface area contributed by atoms with Crippen LogP contribution in [0.4, 0.5) is 4.79 Å². The number of urea groups is 1. The summed E-state index contributed by atoms with van der Waals surface area (Å²) in [7, 11) is -0.850. The first-order valence-corrected chi connectivity index (χ1v) is 8.09. The van der Waals surface area contributed by atoms with Crippen LogP contribution in [0.25, 0.3) is 0 Å². The minimum atomic E-state index is -0.850. The van der Waals surface area contributed by atoms with Gasteiger partial charge in [0, 0.05) is 35.7 Å². The minimum Gasteiger partial charge on any atom is -0.396 e. The monoisotopic (exact) mass is 276 g/mol. The summed E-state index contributed by atoms with van der Waals surface area (Å²) in [6.45, 7) is 2.46. The molecule has 1 aliphatic carbocycles. The van der Waals surface area contributed by atoms with Crippen LogP contribution in [0.1, 0.15) is 39.0 Å². The normalized spacial score (nSPS) is 25.4. The van der Waals surface area contributed by atoms with E-state index in [0.717, 1.165) is 25.7 Å². The fraction of sp³-hybridized carbons (Fsp3) is 0.917. The average Bonchev–Trinajstić information content (AvgIpc) is 2.39. The number of aliphatic hydroxyl groups excluding tert-OH is 1. The molecule has 3 atom stereocenters. The van der Waals surface area contributed by atoms with Gasteiger partial charge in [0.05, 0.1) is 5.25 Å². The lowest BCUT2D eigenvalue weighted by atomic mass is 9.95. The third kappa shape index (κ3) is 4.94. The van der Waals surface area contributed by atoms with Gasteiger partial charge in [-0.25, -0.2) is 4.79 Å². The molecule has 1 saturated carbocycles. The molecule has 5 nitrogen and oxygen atoms in total. The average molecular weight is 276 g/mol. The Bertz CT molecular complexity index is 286. The zero-order valence-corrected chi connectivity index (χ0v) is 11.8. The fourth-order valence-electron chi connectivity index (χ4n) is 2.29. The van der Waals surface area contributed by atoms with Crippen LogP contribution in [0.5, 0.6) is 0 Å². The molecule has 3 unspecified atom stereocenters. The van der Waals surface area contributed by atoms with Crippen molar-refractivity contribution in [2.45, 2.75) is 50.3 Å². The second-order valence-corrected chi connectivity index (χ2v) is 6.52. The Kier molecular flexibility index (Phi) is 7.27. The van der Waals surface area contributed by atoms with Crippen molar-refractivity contribution in [3.8, 4) is 0 Å². The van der Waals surface area contributed by atoms with Gasteiger partial charge in [0.15, 0.2) is 0 Å². The molecule has 1 aliphatic rings. The molecule has 0 aromatic carbocycles. The number of aliphatic hydroxyl groups is 1. The number of carbonyl (C=O) groups excluding carboxylic acids is 1. The highest BCUT2D eigenvalue weighted by Crippen LogP contribution is 2.23. The first-order valence-electron chi connectivity index (χ1n) is 6.71. The van der Waals surface area contributed by atoms with Gasteiger partial charge < -0.3 is 15.7 Å². The van der Waals surface area contributed by atoms with Crippen LogP contribution in [0.15, 0.2) is 0 Å². The van der Waals surface area contributed by atoms with E-state index in [0.29, 0.717) is 18.7 Å². The quantitative estimate of drug-likeness (QED) is 0.626. The van der Waals surface area contributed by atoms with Crippen molar-refractivity contribution in [2.24, 2.45) is 0 Å². The van der Waals surface area contributed by atoms with E-state index in [2.05, 4.69) is 10.6 Å². The van der Waals surface area contributed by atoms with Crippen molar-refractivity contribution >= 4 is 16.8 Å². The van der Waals surface area contributed by atoms with Gasteiger partial charge in [0.1, 0.15) is 0 Å². The van der Waals surface area contributed by atoms with E-state index in [9.17, 15) is 9.00 Å². The van der Waals surface area contributed by atoms with Crippen LogP contribution in [0.3, 0.4) is 0 Å². The molecular weight excluding hydrogens is 252 g/mol. The maximum absolute atomic E-state index is 11.9. The lowest BCUT2D eigenvalue weighted by molar-refractivity contribution is 0.231. The van der Waals surface area contributed by atoms with Crippen molar-refractivity contribution < 1.29 is 14.1 Å². The number of rotatable bonds is 6. The Morgan fingerprint density at radius 2 is 2.11 bits per heavy atom. The van der Waals surface area contributed by atoms with E-state index in [4.69, 9.17) is 5.11 Å². The number of amides is 2. The third-order valence-corrected chi connectivity index (χ3v) is 5.07. The van der Waals surface area contributed by atoms with Gasteiger partial charge in [-0.15, -0.1) is 0 Å². The summed E-state index contributed by atoms with van der Waals surface area (Å²) in [6.07, 6.45) is 4.58. The largest absolute Gasteiger partial charge is 0.396 e. The van der Waals surface area contributed by atoms with Crippen LogP contribution < -0.4 is 10.6 Å². The molecule has 106 valence electrons. The van der Waals surface area contributed by atoms with Gasteiger partial charge in [-0.3, -0.25) is 4.21 Å². The Morgan fingerprint density at radius 1 is 1.39 bits per heavy atom. The molecule has 0 bridgehead atoms. The lowest BCUT2D eigenvalue weighted by Crippen LogP contribution is -2.50. The van der Waals surface area contributed by atoms with E-state index in [1.54, 1.807) is 0 Å². The summed E-state index contributed by atoms with van der Waals surface area (Å²) in [5, 5.41) is 14.3. The second-order valence-electron chi connectivity index (χ2n) is 4.58. The zero-order valence-electron chi connectivity index (χ0n) is 11.0. The molecule has 6 heteroatoms. The molecule has 0 aliphatic heterocycles. The maximum Gasteiger partial charge on any atom is 0.315 e. The van der Waals surface area contributed by atoms with E-state index < -0.39 is 10.8 Å². The Labute approximate surface area is 111 Å². The van der Waals surface area contributed by atoms with Crippen molar-refractivity contribution in [3.05, 3.63) is 0 Å². The molecule has 1 rings (SSSR count). The van der Waals surface area contributed by atoms with E-state index in [-0.39, 0.29) is 23.9 Å². The molecule has 0 aromatic rings. The van der Waals surface area contributed by atoms with Gasteiger partial charge >= 0.3 is 6.03 Å². The van der Waals surface area contributed by atoms with Crippen molar-refractivity contribution in [2.75, 3.05) is 18.9 Å². The molecule has 18 heavy (non-hydrogen) atoms. The van der Waals surface area contributed by atoms with Crippen LogP contribution in [-0.2, 0) is 10.8 Å². The van der Waals surface area contributed by atoms with Crippen molar-refractivity contribution in [3.63, 3.8) is 0 Å². The SMILES string of the molecule is CCS(=O)C1CCCCC1NC(=O)NCCCO. The molecule has 0 aromatic heterocycles. The first kappa shape index (κ1) is 15.4. The Morgan fingerprint density at radius 3 is 2.78 bits per heavy atom. The summed E-state index contributed by atoms with van der Waals surface area (Å²) in [5.74, 6) is 0.648. The van der Waals surface area contributed by atoms with Crippen LogP contribution in [0, 0.1) is 0 Å². The Hall–Kier alpha value is -0.620. The van der Waals surface area contributed by atoms with Gasteiger partial charge in [-0.05, 0) is 19.3 Å². The van der Waals surface area contributed by atoms with E-state index in [1.807, 2.05) is 6.92 Å². The summed E-state index contributed by atoms with van der Waals surface area (Å²) in [5.41, 5.74) is 0. The predicted octanol–water partition coefficient (Wildman–Crippen LogP) is 0.748. The molecule has 1 fully saturated rings. The Balaban J connectivity index is 2.41. The van der Waals surface area contributed by atoms with Crippen LogP contribution >= 0.6 is 0 Å². The van der Waals surface area contributed by atoms with Gasteiger partial charge in [0.2, 0.25) is 0 Å². The fourth-order valence-corrected chi connectivity index (χ4v) is 3.72. The van der Waals surface area contributed by atoms with Gasteiger partial charge in [0.25, 0.3) is 0 Å². The molecular formula is C12H24N2O3S. The minimum absolute atomic E-state index is 0.0219. The molecule has 0 spiro atoms. The van der Waals surface area contributed by atoms with Gasteiger partial charge in [-0.2, -0.15) is 0 Å². The third-order valence-electron chi connectivity index (χ3n) is 3.26. The summed E-state index contributed by atoms with van der Waals surface area (Å²) < 4.78 is 11.9. The summed E-state index contributed by atoms with van der Waals surface area (Å²) in [6, 6.07) is -0.192. The topological polar surface area (TPSA) is 78.4 Å². The van der Waals surface area contributed by atoms with E-state index in [1.165, 1.54) is 0 Å². The number of hydrogen-bond donors (Lipinski definition) is 3. The highest BCUT2D eigenvalue weighted by molar-refractivity contribution is 7.85.